The lowest BCUT2D eigenvalue weighted by molar-refractivity contribution is -0.131. The Hall–Kier alpha value is -1.75. The van der Waals surface area contributed by atoms with E-state index in [1.165, 1.54) is 6.07 Å². The van der Waals surface area contributed by atoms with Crippen molar-refractivity contribution in [1.29, 1.82) is 0 Å². The molecule has 104 valence electrons. The second-order valence-electron chi connectivity index (χ2n) is 4.28. The van der Waals surface area contributed by atoms with Gasteiger partial charge >= 0.3 is 0 Å². The molecule has 0 aliphatic heterocycles. The molecule has 0 aliphatic carbocycles. The highest BCUT2D eigenvalue weighted by molar-refractivity contribution is 6.33. The van der Waals surface area contributed by atoms with E-state index in [1.54, 1.807) is 31.0 Å². The monoisotopic (exact) mass is 283 g/mol. The van der Waals surface area contributed by atoms with Crippen molar-refractivity contribution in [1.82, 2.24) is 10.2 Å². The molecule has 1 atom stereocenters. The van der Waals surface area contributed by atoms with Gasteiger partial charge in [0.15, 0.2) is 0 Å². The molecule has 0 aromatic heterocycles. The fourth-order valence-electron chi connectivity index (χ4n) is 1.50. The van der Waals surface area contributed by atoms with Crippen LogP contribution in [0, 0.1) is 0 Å². The van der Waals surface area contributed by atoms with Crippen molar-refractivity contribution in [2.24, 2.45) is 0 Å². The second kappa shape index (κ2) is 6.43. The van der Waals surface area contributed by atoms with Gasteiger partial charge in [-0.15, -0.1) is 0 Å². The van der Waals surface area contributed by atoms with Crippen molar-refractivity contribution in [2.75, 3.05) is 19.3 Å². The van der Waals surface area contributed by atoms with Crippen LogP contribution < -0.4 is 11.1 Å². The van der Waals surface area contributed by atoms with E-state index in [-0.39, 0.29) is 11.8 Å². The van der Waals surface area contributed by atoms with Crippen molar-refractivity contribution < 1.29 is 9.59 Å². The van der Waals surface area contributed by atoms with Crippen molar-refractivity contribution in [3.8, 4) is 0 Å². The Morgan fingerprint density at radius 3 is 2.63 bits per heavy atom. The van der Waals surface area contributed by atoms with E-state index in [9.17, 15) is 9.59 Å². The molecule has 0 bridgehead atoms. The van der Waals surface area contributed by atoms with E-state index in [0.717, 1.165) is 0 Å². The van der Waals surface area contributed by atoms with Gasteiger partial charge in [-0.2, -0.15) is 0 Å². The number of benzene rings is 1. The third-order valence-electron chi connectivity index (χ3n) is 2.83. The number of nitrogens with two attached hydrogens (primary N) is 1. The number of carbonyl (C=O) groups excluding carboxylic acids is 2. The summed E-state index contributed by atoms with van der Waals surface area (Å²) in [6.45, 7) is 4.10. The summed E-state index contributed by atoms with van der Waals surface area (Å²) >= 11 is 5.85. The van der Waals surface area contributed by atoms with Crippen molar-refractivity contribution in [3.63, 3.8) is 0 Å². The van der Waals surface area contributed by atoms with Gasteiger partial charge in [0, 0.05) is 19.2 Å². The van der Waals surface area contributed by atoms with Gasteiger partial charge in [0.1, 0.15) is 6.04 Å². The maximum Gasteiger partial charge on any atom is 0.251 e. The molecular formula is C13H18ClN3O2. The van der Waals surface area contributed by atoms with Gasteiger partial charge in [-0.1, -0.05) is 11.6 Å². The first-order valence-corrected chi connectivity index (χ1v) is 6.35. The summed E-state index contributed by atoms with van der Waals surface area (Å²) in [7, 11) is 1.69. The molecule has 0 fully saturated rings. The quantitative estimate of drug-likeness (QED) is 0.823. The van der Waals surface area contributed by atoms with Crippen molar-refractivity contribution >= 4 is 29.1 Å². The average Bonchev–Trinajstić information content (AvgIpc) is 2.39. The van der Waals surface area contributed by atoms with Gasteiger partial charge in [0.2, 0.25) is 5.91 Å². The number of hydrogen-bond acceptors (Lipinski definition) is 3. The molecule has 0 heterocycles. The minimum Gasteiger partial charge on any atom is -0.398 e. The van der Waals surface area contributed by atoms with Crippen LogP contribution in [0.4, 0.5) is 5.69 Å². The summed E-state index contributed by atoms with van der Waals surface area (Å²) in [5.74, 6) is -0.496. The average molecular weight is 284 g/mol. The maximum atomic E-state index is 12.0. The molecule has 0 spiro atoms. The molecule has 0 aliphatic rings. The maximum absolute atomic E-state index is 12.0. The van der Waals surface area contributed by atoms with Crippen LogP contribution >= 0.6 is 11.6 Å². The highest BCUT2D eigenvalue weighted by Gasteiger charge is 2.19. The van der Waals surface area contributed by atoms with Gasteiger partial charge in [-0.05, 0) is 32.0 Å². The Bertz CT molecular complexity index is 491. The van der Waals surface area contributed by atoms with E-state index in [0.29, 0.717) is 22.8 Å². The Balaban J connectivity index is 2.74. The molecule has 1 unspecified atom stereocenters. The van der Waals surface area contributed by atoms with Crippen LogP contribution in [0.3, 0.4) is 0 Å². The molecule has 1 rings (SSSR count). The van der Waals surface area contributed by atoms with Crippen LogP contribution in [0.5, 0.6) is 0 Å². The predicted octanol–water partition coefficient (Wildman–Crippen LogP) is 1.52. The Labute approximate surface area is 117 Å². The van der Waals surface area contributed by atoms with Crippen molar-refractivity contribution in [2.45, 2.75) is 19.9 Å². The highest BCUT2D eigenvalue weighted by Crippen LogP contribution is 2.19. The topological polar surface area (TPSA) is 75.4 Å². The van der Waals surface area contributed by atoms with Crippen LogP contribution in [-0.4, -0.2) is 36.3 Å². The molecule has 5 nitrogen and oxygen atoms in total. The zero-order valence-electron chi connectivity index (χ0n) is 11.2. The first kappa shape index (κ1) is 15.3. The largest absolute Gasteiger partial charge is 0.398 e. The fourth-order valence-corrected chi connectivity index (χ4v) is 1.68. The van der Waals surface area contributed by atoms with E-state index < -0.39 is 6.04 Å². The SMILES string of the molecule is CCN(C)C(=O)C(C)NC(=O)c1ccc(N)c(Cl)c1. The normalized spacial score (nSPS) is 11.8. The molecule has 19 heavy (non-hydrogen) atoms. The third kappa shape index (κ3) is 3.86. The molecule has 3 N–H and O–H groups in total. The third-order valence-corrected chi connectivity index (χ3v) is 3.16. The summed E-state index contributed by atoms with van der Waals surface area (Å²) in [6, 6.07) is 4.01. The first-order valence-electron chi connectivity index (χ1n) is 5.97. The number of likely N-dealkylation sites (N-methyl/N-ethyl adjacent to an activating group) is 1. The predicted molar refractivity (Wildman–Crippen MR) is 76.1 cm³/mol. The van der Waals surface area contributed by atoms with Gasteiger partial charge in [0.05, 0.1) is 10.7 Å². The minimum absolute atomic E-state index is 0.141. The van der Waals surface area contributed by atoms with Crippen LogP contribution in [-0.2, 0) is 4.79 Å². The molecule has 0 saturated heterocycles. The summed E-state index contributed by atoms with van der Waals surface area (Å²) in [5.41, 5.74) is 6.36. The molecule has 1 aromatic rings. The number of carbonyl (C=O) groups is 2. The number of halogens is 1. The first-order chi connectivity index (χ1) is 8.86. The number of rotatable bonds is 4. The summed E-state index contributed by atoms with van der Waals surface area (Å²) < 4.78 is 0. The van der Waals surface area contributed by atoms with Crippen LogP contribution in [0.25, 0.3) is 0 Å². The van der Waals surface area contributed by atoms with Gasteiger partial charge in [-0.25, -0.2) is 0 Å². The number of amides is 2. The lowest BCUT2D eigenvalue weighted by atomic mass is 10.1. The van der Waals surface area contributed by atoms with Gasteiger partial charge in [0.25, 0.3) is 5.91 Å². The smallest absolute Gasteiger partial charge is 0.251 e. The number of hydrogen-bond donors (Lipinski definition) is 2. The zero-order chi connectivity index (χ0) is 14.6. The Kier molecular flexibility index (Phi) is 5.18. The number of nitrogens with one attached hydrogen (secondary N) is 1. The number of anilines is 1. The van der Waals surface area contributed by atoms with Crippen LogP contribution in [0.15, 0.2) is 18.2 Å². The molecule has 6 heteroatoms. The summed E-state index contributed by atoms with van der Waals surface area (Å²) in [4.78, 5) is 25.3. The zero-order valence-corrected chi connectivity index (χ0v) is 12.0. The van der Waals surface area contributed by atoms with E-state index >= 15 is 0 Å². The fraction of sp³-hybridized carbons (Fsp3) is 0.385. The molecule has 1 aromatic carbocycles. The minimum atomic E-state index is -0.589. The summed E-state index contributed by atoms with van der Waals surface area (Å²) in [6.07, 6.45) is 0. The van der Waals surface area contributed by atoms with E-state index in [2.05, 4.69) is 5.32 Å². The molecular weight excluding hydrogens is 266 g/mol. The lowest BCUT2D eigenvalue weighted by Gasteiger charge is -2.20. The van der Waals surface area contributed by atoms with Crippen LogP contribution in [0.2, 0.25) is 5.02 Å². The lowest BCUT2D eigenvalue weighted by Crippen LogP contribution is -2.45. The van der Waals surface area contributed by atoms with E-state index in [1.807, 2.05) is 6.92 Å². The van der Waals surface area contributed by atoms with E-state index in [4.69, 9.17) is 17.3 Å². The number of nitrogen functional groups attached to an aromatic ring is 1. The van der Waals surface area contributed by atoms with Crippen LogP contribution in [0.1, 0.15) is 24.2 Å². The van der Waals surface area contributed by atoms with Crippen molar-refractivity contribution in [3.05, 3.63) is 28.8 Å². The molecule has 0 radical (unpaired) electrons. The summed E-state index contributed by atoms with van der Waals surface area (Å²) in [5, 5.41) is 2.95. The standard InChI is InChI=1S/C13H18ClN3O2/c1-4-17(3)13(19)8(2)16-12(18)9-5-6-11(15)10(14)7-9/h5-8H,4,15H2,1-3H3,(H,16,18). The van der Waals surface area contributed by atoms with Gasteiger partial charge in [-0.3, -0.25) is 9.59 Å². The highest BCUT2D eigenvalue weighted by atomic mass is 35.5. The number of nitrogens with zero attached hydrogens (tertiary/aromatic N) is 1. The van der Waals surface area contributed by atoms with Gasteiger partial charge < -0.3 is 16.0 Å². The Morgan fingerprint density at radius 2 is 2.11 bits per heavy atom. The molecule has 0 saturated carbocycles. The Morgan fingerprint density at radius 1 is 1.47 bits per heavy atom. The second-order valence-corrected chi connectivity index (χ2v) is 4.69. The molecule has 2 amide bonds.